The Hall–Kier alpha value is -2.46. The maximum atomic E-state index is 12.7. The molecule has 4 N–H and O–H groups in total. The molecule has 2 aliphatic rings. The van der Waals surface area contributed by atoms with E-state index in [2.05, 4.69) is 5.32 Å². The Morgan fingerprint density at radius 2 is 1.85 bits per heavy atom. The molecule has 9 nitrogen and oxygen atoms in total. The summed E-state index contributed by atoms with van der Waals surface area (Å²) in [7, 11) is -4.01. The number of carbonyl (C=O) groups excluding carboxylic acids is 2. The zero-order valence-electron chi connectivity index (χ0n) is 14.1. The van der Waals surface area contributed by atoms with Gasteiger partial charge in [0.2, 0.25) is 11.8 Å². The molecule has 1 aromatic carbocycles. The lowest BCUT2D eigenvalue weighted by Crippen LogP contribution is -2.72. The number of aliphatic carboxylic acids is 1. The Bertz CT molecular complexity index is 883. The predicted octanol–water partition coefficient (Wildman–Crippen LogP) is -1.00. The van der Waals surface area contributed by atoms with Gasteiger partial charge in [0, 0.05) is 0 Å². The SMILES string of the molecule is CC1(C)[C@H](C(=O)O)N2C(=O)C(NC(=O)[C@H](N)c3ccccc3)[C@H]2S1(=O)=O. The van der Waals surface area contributed by atoms with Gasteiger partial charge < -0.3 is 21.1 Å². The number of nitrogens with one attached hydrogen (secondary N) is 1. The standard InChI is InChI=1S/C16H19N3O6S/c1-16(2)11(15(22)23)19-13(21)10(14(19)26(16,24)25)18-12(20)9(17)8-6-4-3-5-7-8/h3-7,9-11,14H,17H2,1-2H3,(H,18,20)(H,22,23)/t9-,10?,11+,14-/m1/s1. The monoisotopic (exact) mass is 381 g/mol. The van der Waals surface area contributed by atoms with Gasteiger partial charge in [0.05, 0.1) is 0 Å². The number of β-lactam (4-membered cyclic amide) rings is 1. The summed E-state index contributed by atoms with van der Waals surface area (Å²) in [4.78, 5) is 37.0. The lowest BCUT2D eigenvalue weighted by molar-refractivity contribution is -0.161. The van der Waals surface area contributed by atoms with Crippen molar-refractivity contribution in [2.24, 2.45) is 5.73 Å². The highest BCUT2D eigenvalue weighted by atomic mass is 32.2. The van der Waals surface area contributed by atoms with Crippen molar-refractivity contribution in [3.63, 3.8) is 0 Å². The molecule has 2 heterocycles. The highest BCUT2D eigenvalue weighted by Crippen LogP contribution is 2.46. The quantitative estimate of drug-likeness (QED) is 0.567. The number of nitrogens with two attached hydrogens (primary N) is 1. The summed E-state index contributed by atoms with van der Waals surface area (Å²) >= 11 is 0. The van der Waals surface area contributed by atoms with Gasteiger partial charge >= 0.3 is 5.97 Å². The number of sulfone groups is 1. The molecule has 10 heteroatoms. The first-order chi connectivity index (χ1) is 12.0. The van der Waals surface area contributed by atoms with Gasteiger partial charge in [-0.1, -0.05) is 30.3 Å². The van der Waals surface area contributed by atoms with Crippen molar-refractivity contribution in [3.05, 3.63) is 35.9 Å². The molecule has 2 amide bonds. The third kappa shape index (κ3) is 2.32. The molecular weight excluding hydrogens is 362 g/mol. The lowest BCUT2D eigenvalue weighted by Gasteiger charge is -2.42. The second-order valence-corrected chi connectivity index (χ2v) is 9.53. The molecule has 2 saturated heterocycles. The Morgan fingerprint density at radius 1 is 1.27 bits per heavy atom. The van der Waals surface area contributed by atoms with E-state index in [9.17, 15) is 27.9 Å². The fourth-order valence-corrected chi connectivity index (χ4v) is 5.71. The van der Waals surface area contributed by atoms with E-state index in [0.29, 0.717) is 5.56 Å². The molecule has 0 spiro atoms. The van der Waals surface area contributed by atoms with Crippen molar-refractivity contribution in [2.75, 3.05) is 0 Å². The van der Waals surface area contributed by atoms with Crippen molar-refractivity contribution in [2.45, 2.75) is 42.1 Å². The topological polar surface area (TPSA) is 147 Å². The summed E-state index contributed by atoms with van der Waals surface area (Å²) in [6.45, 7) is 2.53. The molecule has 1 unspecified atom stereocenters. The van der Waals surface area contributed by atoms with Gasteiger partial charge in [-0.25, -0.2) is 13.2 Å². The molecule has 1 aromatic rings. The summed E-state index contributed by atoms with van der Waals surface area (Å²) in [6, 6.07) is 4.49. The molecule has 140 valence electrons. The third-order valence-electron chi connectivity index (χ3n) is 5.04. The number of fused-ring (bicyclic) bond motifs is 1. The van der Waals surface area contributed by atoms with Crippen LogP contribution >= 0.6 is 0 Å². The minimum atomic E-state index is -4.01. The van der Waals surface area contributed by atoms with E-state index in [1.54, 1.807) is 30.3 Å². The van der Waals surface area contributed by atoms with Gasteiger partial charge in [0.25, 0.3) is 0 Å². The van der Waals surface area contributed by atoms with Crippen molar-refractivity contribution >= 4 is 27.6 Å². The van der Waals surface area contributed by atoms with Gasteiger partial charge in [-0.15, -0.1) is 0 Å². The maximum Gasteiger partial charge on any atom is 0.328 e. The summed E-state index contributed by atoms with van der Waals surface area (Å²) in [5, 5.41) is 10.3. The zero-order valence-corrected chi connectivity index (χ0v) is 14.9. The predicted molar refractivity (Wildman–Crippen MR) is 90.4 cm³/mol. The average Bonchev–Trinajstić information content (AvgIpc) is 2.73. The normalized spacial score (nSPS) is 29.4. The van der Waals surface area contributed by atoms with Crippen LogP contribution in [0.25, 0.3) is 0 Å². The average molecular weight is 381 g/mol. The van der Waals surface area contributed by atoms with Gasteiger partial charge in [0.15, 0.2) is 15.2 Å². The van der Waals surface area contributed by atoms with Crippen molar-refractivity contribution < 1.29 is 27.9 Å². The van der Waals surface area contributed by atoms with E-state index in [1.807, 2.05) is 0 Å². The molecule has 0 aliphatic carbocycles. The number of nitrogens with zero attached hydrogens (tertiary/aromatic N) is 1. The van der Waals surface area contributed by atoms with Crippen molar-refractivity contribution in [1.29, 1.82) is 0 Å². The smallest absolute Gasteiger partial charge is 0.328 e. The molecule has 4 atom stereocenters. The van der Waals surface area contributed by atoms with Gasteiger partial charge in [0.1, 0.15) is 22.9 Å². The van der Waals surface area contributed by atoms with E-state index >= 15 is 0 Å². The molecule has 3 rings (SSSR count). The number of amides is 2. The van der Waals surface area contributed by atoms with Gasteiger partial charge in [-0.3, -0.25) is 9.59 Å². The molecule has 0 radical (unpaired) electrons. The van der Waals surface area contributed by atoms with Crippen LogP contribution in [-0.4, -0.2) is 58.4 Å². The molecule has 0 aromatic heterocycles. The molecule has 2 aliphatic heterocycles. The number of rotatable bonds is 4. The number of hydrogen-bond donors (Lipinski definition) is 3. The van der Waals surface area contributed by atoms with E-state index in [-0.39, 0.29) is 0 Å². The Kier molecular flexibility index (Phi) is 4.08. The maximum absolute atomic E-state index is 12.7. The Balaban J connectivity index is 1.85. The van der Waals surface area contributed by atoms with Crippen LogP contribution in [0.15, 0.2) is 30.3 Å². The van der Waals surface area contributed by atoms with E-state index in [0.717, 1.165) is 4.90 Å². The summed E-state index contributed by atoms with van der Waals surface area (Å²) in [5.41, 5.74) is 6.37. The van der Waals surface area contributed by atoms with Crippen LogP contribution in [0.2, 0.25) is 0 Å². The summed E-state index contributed by atoms with van der Waals surface area (Å²) in [5.74, 6) is -2.86. The number of carboxylic acids is 1. The highest BCUT2D eigenvalue weighted by molar-refractivity contribution is 7.94. The zero-order chi connectivity index (χ0) is 19.4. The van der Waals surface area contributed by atoms with E-state index in [1.165, 1.54) is 13.8 Å². The van der Waals surface area contributed by atoms with Gasteiger partial charge in [-0.05, 0) is 19.4 Å². The van der Waals surface area contributed by atoms with Crippen LogP contribution in [0, 0.1) is 0 Å². The summed E-state index contributed by atoms with van der Waals surface area (Å²) < 4.78 is 23.8. The second kappa shape index (κ2) is 5.78. The highest BCUT2D eigenvalue weighted by Gasteiger charge is 2.72. The Labute approximate surface area is 150 Å². The Morgan fingerprint density at radius 3 is 2.38 bits per heavy atom. The second-order valence-electron chi connectivity index (χ2n) is 6.90. The van der Waals surface area contributed by atoms with Crippen LogP contribution < -0.4 is 11.1 Å². The molecule has 26 heavy (non-hydrogen) atoms. The fraction of sp³-hybridized carbons (Fsp3) is 0.438. The largest absolute Gasteiger partial charge is 0.480 e. The molecule has 0 saturated carbocycles. The van der Waals surface area contributed by atoms with Gasteiger partial charge in [-0.2, -0.15) is 0 Å². The van der Waals surface area contributed by atoms with Crippen LogP contribution in [0.1, 0.15) is 25.5 Å². The first-order valence-electron chi connectivity index (χ1n) is 7.91. The number of hydrogen-bond acceptors (Lipinski definition) is 6. The lowest BCUT2D eigenvalue weighted by atomic mass is 9.95. The van der Waals surface area contributed by atoms with Crippen LogP contribution in [0.3, 0.4) is 0 Å². The first-order valence-corrected chi connectivity index (χ1v) is 9.45. The van der Waals surface area contributed by atoms with Crippen LogP contribution in [-0.2, 0) is 24.2 Å². The van der Waals surface area contributed by atoms with Crippen molar-refractivity contribution in [3.8, 4) is 0 Å². The molecule has 2 fully saturated rings. The minimum Gasteiger partial charge on any atom is -0.480 e. The van der Waals surface area contributed by atoms with E-state index in [4.69, 9.17) is 5.73 Å². The third-order valence-corrected chi connectivity index (χ3v) is 7.87. The summed E-state index contributed by atoms with van der Waals surface area (Å²) in [6.07, 6.45) is 0. The molecule has 0 bridgehead atoms. The number of carboxylic acid groups (broad SMARTS) is 1. The number of benzene rings is 1. The fourth-order valence-electron chi connectivity index (χ4n) is 3.50. The number of carbonyl (C=O) groups is 3. The molecular formula is C16H19N3O6S. The van der Waals surface area contributed by atoms with Crippen LogP contribution in [0.5, 0.6) is 0 Å². The van der Waals surface area contributed by atoms with E-state index < -0.39 is 55.9 Å². The minimum absolute atomic E-state index is 0.506. The van der Waals surface area contributed by atoms with Crippen LogP contribution in [0.4, 0.5) is 0 Å². The van der Waals surface area contributed by atoms with Crippen molar-refractivity contribution in [1.82, 2.24) is 10.2 Å². The first kappa shape index (κ1) is 18.3.